The second kappa shape index (κ2) is 6.70. The first-order chi connectivity index (χ1) is 9.65. The number of nitrogens with zero attached hydrogens (tertiary/aromatic N) is 1. The van der Waals surface area contributed by atoms with Crippen LogP contribution in [0, 0.1) is 6.92 Å². The Morgan fingerprint density at radius 3 is 2.80 bits per heavy atom. The molecule has 0 saturated carbocycles. The summed E-state index contributed by atoms with van der Waals surface area (Å²) in [5, 5.41) is 0.651. The second-order valence-corrected chi connectivity index (χ2v) is 5.03. The number of halogens is 1. The molecule has 0 fully saturated rings. The van der Waals surface area contributed by atoms with Gasteiger partial charge in [0.2, 0.25) is 0 Å². The van der Waals surface area contributed by atoms with E-state index in [2.05, 4.69) is 16.5 Å². The molecular formula is C15H18ClN3O. The van der Waals surface area contributed by atoms with Crippen molar-refractivity contribution in [3.05, 3.63) is 58.4 Å². The lowest BCUT2D eigenvalue weighted by molar-refractivity contribution is 0.411. The lowest BCUT2D eigenvalue weighted by atomic mass is 9.98. The average Bonchev–Trinajstić information content (AvgIpc) is 2.46. The fourth-order valence-corrected chi connectivity index (χ4v) is 2.38. The van der Waals surface area contributed by atoms with Crippen LogP contribution in [0.3, 0.4) is 0 Å². The molecule has 1 aromatic heterocycles. The molecule has 0 radical (unpaired) electrons. The maximum absolute atomic E-state index is 6.14. The first kappa shape index (κ1) is 14.8. The number of nitrogens with one attached hydrogen (secondary N) is 1. The molecular weight excluding hydrogens is 274 g/mol. The third kappa shape index (κ3) is 3.28. The van der Waals surface area contributed by atoms with Crippen LogP contribution in [-0.4, -0.2) is 12.1 Å². The topological polar surface area (TPSA) is 60.2 Å². The largest absolute Gasteiger partial charge is 0.496 e. The molecule has 0 aliphatic rings. The normalized spacial score (nSPS) is 12.2. The monoisotopic (exact) mass is 291 g/mol. The number of methoxy groups -OCH3 is 1. The Balaban J connectivity index is 2.24. The summed E-state index contributed by atoms with van der Waals surface area (Å²) < 4.78 is 5.27. The fourth-order valence-electron chi connectivity index (χ4n) is 2.18. The highest BCUT2D eigenvalue weighted by molar-refractivity contribution is 6.31. The van der Waals surface area contributed by atoms with Crippen molar-refractivity contribution in [1.29, 1.82) is 0 Å². The van der Waals surface area contributed by atoms with E-state index in [1.165, 1.54) is 0 Å². The number of nitrogens with two attached hydrogens (primary N) is 1. The maximum atomic E-state index is 6.14. The van der Waals surface area contributed by atoms with Gasteiger partial charge in [-0.25, -0.2) is 0 Å². The Kier molecular flexibility index (Phi) is 4.95. The molecule has 3 N–H and O–H groups in total. The zero-order valence-electron chi connectivity index (χ0n) is 11.6. The second-order valence-electron chi connectivity index (χ2n) is 4.62. The van der Waals surface area contributed by atoms with Gasteiger partial charge in [-0.3, -0.25) is 16.3 Å². The van der Waals surface area contributed by atoms with Gasteiger partial charge in [-0.1, -0.05) is 23.7 Å². The molecule has 1 heterocycles. The maximum Gasteiger partial charge on any atom is 0.121 e. The molecule has 5 heteroatoms. The lowest BCUT2D eigenvalue weighted by Crippen LogP contribution is -2.29. The number of aromatic nitrogens is 1. The molecule has 106 valence electrons. The number of pyridine rings is 1. The number of benzene rings is 1. The number of hydrazine groups is 1. The molecule has 1 aromatic carbocycles. The van der Waals surface area contributed by atoms with Crippen molar-refractivity contribution in [3.63, 3.8) is 0 Å². The minimum atomic E-state index is -0.0143. The molecule has 20 heavy (non-hydrogen) atoms. The third-order valence-electron chi connectivity index (χ3n) is 3.30. The van der Waals surface area contributed by atoms with Gasteiger partial charge in [0.05, 0.1) is 18.2 Å². The van der Waals surface area contributed by atoms with Crippen molar-refractivity contribution in [3.8, 4) is 5.75 Å². The molecule has 0 bridgehead atoms. The van der Waals surface area contributed by atoms with E-state index in [4.69, 9.17) is 22.2 Å². The van der Waals surface area contributed by atoms with Crippen LogP contribution < -0.4 is 16.0 Å². The number of rotatable bonds is 5. The zero-order valence-corrected chi connectivity index (χ0v) is 12.3. The van der Waals surface area contributed by atoms with Crippen LogP contribution in [0.5, 0.6) is 5.75 Å². The highest BCUT2D eigenvalue weighted by atomic mass is 35.5. The van der Waals surface area contributed by atoms with Gasteiger partial charge >= 0.3 is 0 Å². The van der Waals surface area contributed by atoms with Crippen LogP contribution in [-0.2, 0) is 6.42 Å². The lowest BCUT2D eigenvalue weighted by Gasteiger charge is -2.18. The van der Waals surface area contributed by atoms with Crippen LogP contribution in [0.1, 0.15) is 22.7 Å². The van der Waals surface area contributed by atoms with E-state index < -0.39 is 0 Å². The summed E-state index contributed by atoms with van der Waals surface area (Å²) in [6.45, 7) is 2.01. The molecule has 4 nitrogen and oxygen atoms in total. The van der Waals surface area contributed by atoms with Crippen LogP contribution >= 0.6 is 11.6 Å². The van der Waals surface area contributed by atoms with Crippen molar-refractivity contribution < 1.29 is 4.74 Å². The predicted molar refractivity (Wildman–Crippen MR) is 80.7 cm³/mol. The Morgan fingerprint density at radius 1 is 1.40 bits per heavy atom. The van der Waals surface area contributed by atoms with Crippen molar-refractivity contribution in [2.45, 2.75) is 19.4 Å². The Morgan fingerprint density at radius 2 is 2.20 bits per heavy atom. The van der Waals surface area contributed by atoms with Gasteiger partial charge in [-0.15, -0.1) is 0 Å². The molecule has 0 spiro atoms. The predicted octanol–water partition coefficient (Wildman–Crippen LogP) is 2.80. The summed E-state index contributed by atoms with van der Waals surface area (Å²) in [6, 6.07) is 7.91. The summed E-state index contributed by atoms with van der Waals surface area (Å²) >= 11 is 6.14. The zero-order chi connectivity index (χ0) is 14.5. The van der Waals surface area contributed by atoms with Gasteiger partial charge in [0.1, 0.15) is 5.75 Å². The molecule has 0 aliphatic heterocycles. The molecule has 0 saturated heterocycles. The van der Waals surface area contributed by atoms with Gasteiger partial charge in [-0.05, 0) is 42.2 Å². The van der Waals surface area contributed by atoms with E-state index >= 15 is 0 Å². The first-order valence-corrected chi connectivity index (χ1v) is 6.72. The molecule has 2 rings (SSSR count). The van der Waals surface area contributed by atoms with Crippen molar-refractivity contribution in [1.82, 2.24) is 10.4 Å². The number of hydrogen-bond donors (Lipinski definition) is 2. The van der Waals surface area contributed by atoms with E-state index in [1.54, 1.807) is 19.5 Å². The van der Waals surface area contributed by atoms with E-state index in [1.807, 2.05) is 25.1 Å². The minimum Gasteiger partial charge on any atom is -0.496 e. The SMILES string of the molecule is COc1ccc(C(Cc2ccncc2Cl)NN)cc1C. The molecule has 2 aromatic rings. The molecule has 0 amide bonds. The summed E-state index contributed by atoms with van der Waals surface area (Å²) in [5.74, 6) is 6.55. The van der Waals surface area contributed by atoms with Crippen molar-refractivity contribution >= 4 is 11.6 Å². The summed E-state index contributed by atoms with van der Waals surface area (Å²) in [6.07, 6.45) is 4.07. The molecule has 1 atom stereocenters. The van der Waals surface area contributed by atoms with Crippen molar-refractivity contribution in [2.75, 3.05) is 7.11 Å². The quantitative estimate of drug-likeness (QED) is 0.657. The van der Waals surface area contributed by atoms with E-state index in [-0.39, 0.29) is 6.04 Å². The van der Waals surface area contributed by atoms with E-state index in [0.29, 0.717) is 11.4 Å². The summed E-state index contributed by atoms with van der Waals surface area (Å²) in [5.41, 5.74) is 6.02. The number of aryl methyl sites for hydroxylation is 1. The Bertz CT molecular complexity index is 589. The standard InChI is InChI=1S/C15H18ClN3O/c1-10-7-12(3-4-15(10)20-2)14(19-17)8-11-5-6-18-9-13(11)16/h3-7,9,14,19H,8,17H2,1-2H3. The van der Waals surface area contributed by atoms with Gasteiger partial charge in [0.15, 0.2) is 0 Å². The van der Waals surface area contributed by atoms with Gasteiger partial charge in [0, 0.05) is 12.4 Å². The first-order valence-electron chi connectivity index (χ1n) is 6.34. The molecule has 1 unspecified atom stereocenters. The highest BCUT2D eigenvalue weighted by Crippen LogP contribution is 2.26. The van der Waals surface area contributed by atoms with Gasteiger partial charge in [-0.2, -0.15) is 0 Å². The van der Waals surface area contributed by atoms with Gasteiger partial charge in [0.25, 0.3) is 0 Å². The van der Waals surface area contributed by atoms with Crippen LogP contribution in [0.2, 0.25) is 5.02 Å². The smallest absolute Gasteiger partial charge is 0.121 e. The van der Waals surface area contributed by atoms with Crippen LogP contribution in [0.25, 0.3) is 0 Å². The Hall–Kier alpha value is -1.62. The Labute approximate surface area is 123 Å². The van der Waals surface area contributed by atoms with Crippen LogP contribution in [0.15, 0.2) is 36.7 Å². The van der Waals surface area contributed by atoms with E-state index in [0.717, 1.165) is 22.4 Å². The average molecular weight is 292 g/mol. The summed E-state index contributed by atoms with van der Waals surface area (Å²) in [4.78, 5) is 3.99. The third-order valence-corrected chi connectivity index (χ3v) is 3.64. The molecule has 0 aliphatic carbocycles. The highest BCUT2D eigenvalue weighted by Gasteiger charge is 2.13. The minimum absolute atomic E-state index is 0.0143. The summed E-state index contributed by atoms with van der Waals surface area (Å²) in [7, 11) is 1.66. The number of hydrogen-bond acceptors (Lipinski definition) is 4. The van der Waals surface area contributed by atoms with Crippen LogP contribution in [0.4, 0.5) is 0 Å². The van der Waals surface area contributed by atoms with Crippen molar-refractivity contribution in [2.24, 2.45) is 5.84 Å². The number of ether oxygens (including phenoxy) is 1. The fraction of sp³-hybridized carbons (Fsp3) is 0.267. The van der Waals surface area contributed by atoms with Gasteiger partial charge < -0.3 is 4.74 Å². The van der Waals surface area contributed by atoms with E-state index in [9.17, 15) is 0 Å².